The largest absolute Gasteiger partial charge is 0.353 e. The standard InChI is InChI=1S/C20H25ClN2O3S/c1-3-7-16(2)22-20(24)15-23(14-17-8-5-4-6-9-17)27(25,26)19-12-10-18(21)11-13-19/h4-6,8-13,16H,3,7,14-15H2,1-2H3,(H,22,24)/t16-/m0/s1. The Kier molecular flexibility index (Phi) is 7.83. The first-order valence-electron chi connectivity index (χ1n) is 8.92. The number of hydrogen-bond acceptors (Lipinski definition) is 3. The van der Waals surface area contributed by atoms with Crippen molar-refractivity contribution in [3.8, 4) is 0 Å². The van der Waals surface area contributed by atoms with E-state index in [9.17, 15) is 13.2 Å². The summed E-state index contributed by atoms with van der Waals surface area (Å²) in [4.78, 5) is 12.5. The zero-order valence-corrected chi connectivity index (χ0v) is 17.1. The highest BCUT2D eigenvalue weighted by Crippen LogP contribution is 2.20. The Morgan fingerprint density at radius 3 is 2.33 bits per heavy atom. The van der Waals surface area contributed by atoms with E-state index in [-0.39, 0.29) is 29.9 Å². The van der Waals surface area contributed by atoms with Gasteiger partial charge < -0.3 is 5.32 Å². The smallest absolute Gasteiger partial charge is 0.243 e. The maximum atomic E-state index is 13.1. The summed E-state index contributed by atoms with van der Waals surface area (Å²) in [7, 11) is -3.85. The molecule has 1 N–H and O–H groups in total. The molecule has 0 unspecified atom stereocenters. The molecule has 0 fully saturated rings. The first kappa shape index (κ1) is 21.4. The van der Waals surface area contributed by atoms with Crippen molar-refractivity contribution in [2.75, 3.05) is 6.54 Å². The Hall–Kier alpha value is -1.89. The Bertz CT molecular complexity index is 839. The normalized spacial score (nSPS) is 12.7. The van der Waals surface area contributed by atoms with Crippen molar-refractivity contribution in [1.29, 1.82) is 0 Å². The van der Waals surface area contributed by atoms with Gasteiger partial charge in [0.1, 0.15) is 0 Å². The number of nitrogens with one attached hydrogen (secondary N) is 1. The fraction of sp³-hybridized carbons (Fsp3) is 0.350. The highest BCUT2D eigenvalue weighted by atomic mass is 35.5. The Balaban J connectivity index is 2.26. The quantitative estimate of drug-likeness (QED) is 0.685. The van der Waals surface area contributed by atoms with Gasteiger partial charge in [-0.05, 0) is 43.2 Å². The van der Waals surface area contributed by atoms with Crippen LogP contribution in [-0.2, 0) is 21.4 Å². The van der Waals surface area contributed by atoms with E-state index >= 15 is 0 Å². The maximum Gasteiger partial charge on any atom is 0.243 e. The fourth-order valence-corrected chi connectivity index (χ4v) is 4.26. The maximum absolute atomic E-state index is 13.1. The highest BCUT2D eigenvalue weighted by Gasteiger charge is 2.27. The van der Waals surface area contributed by atoms with Gasteiger partial charge in [-0.1, -0.05) is 55.3 Å². The van der Waals surface area contributed by atoms with Crippen LogP contribution in [0.25, 0.3) is 0 Å². The number of halogens is 1. The van der Waals surface area contributed by atoms with Crippen LogP contribution >= 0.6 is 11.6 Å². The number of benzene rings is 2. The van der Waals surface area contributed by atoms with E-state index in [1.165, 1.54) is 28.6 Å². The molecule has 0 spiro atoms. The van der Waals surface area contributed by atoms with Crippen molar-refractivity contribution in [1.82, 2.24) is 9.62 Å². The van der Waals surface area contributed by atoms with Crippen molar-refractivity contribution in [3.05, 3.63) is 65.2 Å². The van der Waals surface area contributed by atoms with Crippen LogP contribution in [0.1, 0.15) is 32.3 Å². The Morgan fingerprint density at radius 1 is 1.11 bits per heavy atom. The van der Waals surface area contributed by atoms with Crippen LogP contribution in [0.15, 0.2) is 59.5 Å². The van der Waals surface area contributed by atoms with Crippen LogP contribution < -0.4 is 5.32 Å². The van der Waals surface area contributed by atoms with Crippen LogP contribution in [0.4, 0.5) is 0 Å². The van der Waals surface area contributed by atoms with Gasteiger partial charge in [0.2, 0.25) is 15.9 Å². The molecule has 0 saturated carbocycles. The second kappa shape index (κ2) is 9.88. The second-order valence-electron chi connectivity index (χ2n) is 6.47. The van der Waals surface area contributed by atoms with E-state index in [4.69, 9.17) is 11.6 Å². The van der Waals surface area contributed by atoms with Crippen LogP contribution in [0.3, 0.4) is 0 Å². The number of sulfonamides is 1. The number of carbonyl (C=O) groups excluding carboxylic acids is 1. The first-order valence-corrected chi connectivity index (χ1v) is 10.7. The number of carbonyl (C=O) groups is 1. The molecule has 27 heavy (non-hydrogen) atoms. The average Bonchev–Trinajstić information content (AvgIpc) is 2.62. The fourth-order valence-electron chi connectivity index (χ4n) is 2.75. The third kappa shape index (κ3) is 6.34. The lowest BCUT2D eigenvalue weighted by Crippen LogP contribution is -2.43. The molecule has 0 aromatic heterocycles. The van der Waals surface area contributed by atoms with Crippen molar-refractivity contribution in [2.45, 2.75) is 44.2 Å². The summed E-state index contributed by atoms with van der Waals surface area (Å²) in [5.41, 5.74) is 0.810. The number of nitrogens with zero attached hydrogens (tertiary/aromatic N) is 1. The lowest BCUT2D eigenvalue weighted by molar-refractivity contribution is -0.122. The van der Waals surface area contributed by atoms with Crippen LogP contribution in [0.5, 0.6) is 0 Å². The van der Waals surface area contributed by atoms with Crippen molar-refractivity contribution in [2.24, 2.45) is 0 Å². The van der Waals surface area contributed by atoms with E-state index in [1.54, 1.807) is 0 Å². The van der Waals surface area contributed by atoms with E-state index in [0.717, 1.165) is 18.4 Å². The van der Waals surface area contributed by atoms with Crippen LogP contribution in [0.2, 0.25) is 5.02 Å². The lowest BCUT2D eigenvalue weighted by Gasteiger charge is -2.23. The third-order valence-electron chi connectivity index (χ3n) is 4.10. The predicted octanol–water partition coefficient (Wildman–Crippen LogP) is 3.84. The number of amides is 1. The number of rotatable bonds is 9. The van der Waals surface area contributed by atoms with E-state index in [0.29, 0.717) is 5.02 Å². The molecule has 1 amide bonds. The minimum absolute atomic E-state index is 0.000638. The molecule has 2 aromatic carbocycles. The molecule has 0 saturated heterocycles. The molecule has 0 heterocycles. The van der Waals surface area contributed by atoms with Gasteiger partial charge in [-0.15, -0.1) is 0 Å². The summed E-state index contributed by atoms with van der Waals surface area (Å²) in [5, 5.41) is 3.32. The predicted molar refractivity (Wildman–Crippen MR) is 108 cm³/mol. The highest BCUT2D eigenvalue weighted by molar-refractivity contribution is 7.89. The summed E-state index contributed by atoms with van der Waals surface area (Å²) in [6.07, 6.45) is 1.78. The zero-order valence-electron chi connectivity index (χ0n) is 15.6. The molecule has 2 rings (SSSR count). The van der Waals surface area contributed by atoms with Gasteiger partial charge in [-0.2, -0.15) is 4.31 Å². The molecule has 146 valence electrons. The van der Waals surface area contributed by atoms with Gasteiger partial charge in [-0.25, -0.2) is 8.42 Å². The summed E-state index contributed by atoms with van der Waals surface area (Å²) < 4.78 is 27.4. The third-order valence-corrected chi connectivity index (χ3v) is 6.16. The summed E-state index contributed by atoms with van der Waals surface area (Å²) in [6.45, 7) is 3.82. The Labute approximate surface area is 166 Å². The monoisotopic (exact) mass is 408 g/mol. The van der Waals surface area contributed by atoms with E-state index < -0.39 is 10.0 Å². The summed E-state index contributed by atoms with van der Waals surface area (Å²) in [5.74, 6) is -0.315. The molecule has 1 atom stereocenters. The molecule has 5 nitrogen and oxygen atoms in total. The molecule has 7 heteroatoms. The first-order chi connectivity index (χ1) is 12.8. The van der Waals surface area contributed by atoms with Gasteiger partial charge in [0.25, 0.3) is 0 Å². The molecule has 0 aliphatic carbocycles. The SMILES string of the molecule is CCC[C@H](C)NC(=O)CN(Cc1ccccc1)S(=O)(=O)c1ccc(Cl)cc1. The van der Waals surface area contributed by atoms with Gasteiger partial charge in [0, 0.05) is 17.6 Å². The average molecular weight is 409 g/mol. The molecule has 0 aliphatic heterocycles. The van der Waals surface area contributed by atoms with Crippen molar-refractivity contribution < 1.29 is 13.2 Å². The summed E-state index contributed by atoms with van der Waals surface area (Å²) >= 11 is 5.87. The van der Waals surface area contributed by atoms with Crippen LogP contribution in [-0.4, -0.2) is 31.2 Å². The molecular weight excluding hydrogens is 384 g/mol. The minimum atomic E-state index is -3.85. The van der Waals surface area contributed by atoms with Gasteiger partial charge >= 0.3 is 0 Å². The summed E-state index contributed by atoms with van der Waals surface area (Å²) in [6, 6.07) is 15.2. The molecular formula is C20H25ClN2O3S. The second-order valence-corrected chi connectivity index (χ2v) is 8.84. The minimum Gasteiger partial charge on any atom is -0.353 e. The molecule has 0 aliphatic rings. The molecule has 0 radical (unpaired) electrons. The molecule has 2 aromatic rings. The van der Waals surface area contributed by atoms with Crippen molar-refractivity contribution in [3.63, 3.8) is 0 Å². The Morgan fingerprint density at radius 2 is 1.74 bits per heavy atom. The van der Waals surface area contributed by atoms with Crippen molar-refractivity contribution >= 4 is 27.5 Å². The van der Waals surface area contributed by atoms with E-state index in [1.807, 2.05) is 44.2 Å². The number of hydrogen-bond donors (Lipinski definition) is 1. The van der Waals surface area contributed by atoms with Gasteiger partial charge in [-0.3, -0.25) is 4.79 Å². The zero-order chi connectivity index (χ0) is 19.9. The topological polar surface area (TPSA) is 66.5 Å². The van der Waals surface area contributed by atoms with Gasteiger partial charge in [0.05, 0.1) is 11.4 Å². The van der Waals surface area contributed by atoms with Crippen LogP contribution in [0, 0.1) is 0 Å². The van der Waals surface area contributed by atoms with E-state index in [2.05, 4.69) is 5.32 Å². The molecule has 0 bridgehead atoms. The van der Waals surface area contributed by atoms with Gasteiger partial charge in [0.15, 0.2) is 0 Å². The lowest BCUT2D eigenvalue weighted by atomic mass is 10.2.